The maximum Gasteiger partial charge on any atom is 0.416 e. The van der Waals surface area contributed by atoms with Gasteiger partial charge in [-0.05, 0) is 105 Å². The Morgan fingerprint density at radius 3 is 1.06 bits per heavy atom. The molecule has 1 heterocycles. The Labute approximate surface area is 357 Å². The van der Waals surface area contributed by atoms with Gasteiger partial charge in [0.25, 0.3) is 0 Å². The molecule has 0 aliphatic carbocycles. The maximum atomic E-state index is 14.5. The van der Waals surface area contributed by atoms with Crippen LogP contribution >= 0.6 is 0 Å². The highest BCUT2D eigenvalue weighted by Gasteiger charge is 2.42. The summed E-state index contributed by atoms with van der Waals surface area (Å²) in [5, 5.41) is 0. The average Bonchev–Trinajstić information content (AvgIpc) is 3.33. The first-order valence-electron chi connectivity index (χ1n) is 19.7. The fourth-order valence-electron chi connectivity index (χ4n) is 8.24. The molecule has 0 fully saturated rings. The van der Waals surface area contributed by atoms with Gasteiger partial charge in [-0.2, -0.15) is 52.7 Å². The van der Waals surface area contributed by atoms with Gasteiger partial charge in [0.2, 0.25) is 0 Å². The summed E-state index contributed by atoms with van der Waals surface area (Å²) in [5.41, 5.74) is -6.82. The zero-order chi connectivity index (χ0) is 47.0. The van der Waals surface area contributed by atoms with Gasteiger partial charge in [0.15, 0.2) is 0 Å². The van der Waals surface area contributed by atoms with Gasteiger partial charge in [-0.1, -0.05) is 71.9 Å². The molecule has 3 nitrogen and oxygen atoms in total. The van der Waals surface area contributed by atoms with E-state index >= 15 is 0 Å². The normalized spacial score (nSPS) is 14.8. The molecule has 6 rings (SSSR count). The summed E-state index contributed by atoms with van der Waals surface area (Å²) in [7, 11) is 2.50. The molecule has 0 amide bonds. The van der Waals surface area contributed by atoms with Gasteiger partial charge < -0.3 is 9.47 Å². The van der Waals surface area contributed by atoms with E-state index in [1.54, 1.807) is 90.9 Å². The first-order valence-corrected chi connectivity index (χ1v) is 19.7. The van der Waals surface area contributed by atoms with E-state index in [-0.39, 0.29) is 70.1 Å². The summed E-state index contributed by atoms with van der Waals surface area (Å²) >= 11 is 0. The van der Waals surface area contributed by atoms with Crippen molar-refractivity contribution in [2.75, 3.05) is 14.2 Å². The third-order valence-corrected chi connectivity index (χ3v) is 11.4. The molecule has 0 bridgehead atoms. The quantitative estimate of drug-likeness (QED) is 0.159. The predicted molar refractivity (Wildman–Crippen MR) is 217 cm³/mol. The van der Waals surface area contributed by atoms with Crippen LogP contribution in [0.1, 0.15) is 105 Å². The van der Waals surface area contributed by atoms with Crippen LogP contribution in [0, 0.1) is 0 Å². The molecule has 0 saturated carbocycles. The molecule has 1 aliphatic heterocycles. The molecule has 0 radical (unpaired) electrons. The summed E-state index contributed by atoms with van der Waals surface area (Å²) in [6.07, 6.45) is -20.9. The summed E-state index contributed by atoms with van der Waals surface area (Å²) in [6, 6.07) is 14.2. The molecule has 15 heteroatoms. The molecule has 0 unspecified atom stereocenters. The number of ether oxygens (including phenoxy) is 2. The lowest BCUT2D eigenvalue weighted by molar-refractivity contribution is -0.144. The Morgan fingerprint density at radius 2 is 0.794 bits per heavy atom. The zero-order valence-electron chi connectivity index (χ0n) is 35.8. The SMILES string of the molecule is COc1c(C(C)(C)C)cc2c(c1-c1cc(C(F)(F)F)cc(C(F)(F)F)c1)CN([C@H](C)c1ccccc1)Cc1c-2cc(C(C)(C)C)c(OC)c1-c1cc(C(F)(F)F)cc(C(F)(F)F)c1. The Bertz CT molecular complexity index is 2300. The Hall–Kier alpha value is -5.18. The number of methoxy groups -OCH3 is 2. The van der Waals surface area contributed by atoms with Crippen LogP contribution in [0.5, 0.6) is 11.5 Å². The molecule has 0 saturated heterocycles. The van der Waals surface area contributed by atoms with Gasteiger partial charge in [-0.3, -0.25) is 4.90 Å². The van der Waals surface area contributed by atoms with Gasteiger partial charge in [-0.15, -0.1) is 0 Å². The third-order valence-electron chi connectivity index (χ3n) is 11.4. The number of rotatable bonds is 6. The van der Waals surface area contributed by atoms with Crippen LogP contribution in [0.3, 0.4) is 0 Å². The Balaban J connectivity index is 1.91. The number of halogens is 12. The molecular weight excluding hydrogens is 851 g/mol. The van der Waals surface area contributed by atoms with E-state index in [4.69, 9.17) is 9.47 Å². The molecule has 5 aromatic carbocycles. The van der Waals surface area contributed by atoms with Crippen molar-refractivity contribution in [1.29, 1.82) is 0 Å². The van der Waals surface area contributed by atoms with E-state index in [1.807, 2.05) is 4.90 Å². The molecule has 1 aliphatic rings. The molecule has 338 valence electrons. The van der Waals surface area contributed by atoms with Crippen molar-refractivity contribution < 1.29 is 62.2 Å². The summed E-state index contributed by atoms with van der Waals surface area (Å²) in [6.45, 7) is 12.0. The summed E-state index contributed by atoms with van der Waals surface area (Å²) in [5.74, 6) is -0.0242. The molecule has 0 N–H and O–H groups in total. The number of alkyl halides is 12. The van der Waals surface area contributed by atoms with Gasteiger partial charge in [0.05, 0.1) is 36.5 Å². The summed E-state index contributed by atoms with van der Waals surface area (Å²) in [4.78, 5) is 1.82. The van der Waals surface area contributed by atoms with Gasteiger partial charge in [-0.25, -0.2) is 0 Å². The Kier molecular flexibility index (Phi) is 12.1. The van der Waals surface area contributed by atoms with Crippen molar-refractivity contribution in [2.24, 2.45) is 0 Å². The lowest BCUT2D eigenvalue weighted by Gasteiger charge is -2.32. The number of fused-ring (bicyclic) bond motifs is 3. The highest BCUT2D eigenvalue weighted by Crippen LogP contribution is 2.55. The van der Waals surface area contributed by atoms with Crippen molar-refractivity contribution in [1.82, 2.24) is 4.90 Å². The number of hydrogen-bond donors (Lipinski definition) is 0. The fourth-order valence-corrected chi connectivity index (χ4v) is 8.24. The second-order valence-corrected chi connectivity index (χ2v) is 17.8. The summed E-state index contributed by atoms with van der Waals surface area (Å²) < 4.78 is 186. The monoisotopic (exact) mass is 895 g/mol. The van der Waals surface area contributed by atoms with Crippen LogP contribution in [0.15, 0.2) is 78.9 Å². The van der Waals surface area contributed by atoms with E-state index in [2.05, 4.69) is 0 Å². The fraction of sp³-hybridized carbons (Fsp3) is 0.375. The van der Waals surface area contributed by atoms with Gasteiger partial charge in [0.1, 0.15) is 11.5 Å². The number of hydrogen-bond acceptors (Lipinski definition) is 3. The van der Waals surface area contributed by atoms with Crippen molar-refractivity contribution in [3.8, 4) is 44.9 Å². The highest BCUT2D eigenvalue weighted by molar-refractivity contribution is 5.92. The minimum Gasteiger partial charge on any atom is -0.496 e. The van der Waals surface area contributed by atoms with Crippen molar-refractivity contribution in [3.63, 3.8) is 0 Å². The average molecular weight is 896 g/mol. The van der Waals surface area contributed by atoms with E-state index in [9.17, 15) is 52.7 Å². The smallest absolute Gasteiger partial charge is 0.416 e. The topological polar surface area (TPSA) is 21.7 Å². The molecule has 0 aromatic heterocycles. The van der Waals surface area contributed by atoms with E-state index < -0.39 is 75.0 Å². The first-order chi connectivity index (χ1) is 28.9. The second kappa shape index (κ2) is 16.1. The molecule has 5 aromatic rings. The van der Waals surface area contributed by atoms with E-state index in [0.29, 0.717) is 41.0 Å². The molecule has 1 atom stereocenters. The lowest BCUT2D eigenvalue weighted by Crippen LogP contribution is -2.26. The van der Waals surface area contributed by atoms with Crippen molar-refractivity contribution >= 4 is 0 Å². The van der Waals surface area contributed by atoms with Crippen molar-refractivity contribution in [2.45, 2.75) is 103 Å². The molecule has 63 heavy (non-hydrogen) atoms. The van der Waals surface area contributed by atoms with Crippen LogP contribution in [-0.2, 0) is 48.6 Å². The van der Waals surface area contributed by atoms with Crippen LogP contribution in [0.2, 0.25) is 0 Å². The Morgan fingerprint density at radius 1 is 0.476 bits per heavy atom. The minimum atomic E-state index is -5.21. The number of nitrogens with zero attached hydrogens (tertiary/aromatic N) is 1. The predicted octanol–water partition coefficient (Wildman–Crippen LogP) is 15.5. The third kappa shape index (κ3) is 9.39. The highest BCUT2D eigenvalue weighted by atomic mass is 19.4. The maximum absolute atomic E-state index is 14.5. The van der Waals surface area contributed by atoms with E-state index in [1.165, 1.54) is 14.2 Å². The standard InChI is InChI=1S/C48H45F12NO2/c1-25(26-13-11-10-12-14-26)61-23-35-33(21-37(43(2,3)4)41(62-8)39(35)27-15-29(45(49,50)51)19-30(16-27)46(52,53)54)34-22-38(44(5,6)7)42(63-9)40(36(34)24-61)28-17-31(47(55,56)57)20-32(18-28)48(58,59)60/h10-22,25H,23-24H2,1-9H3/t25-/m1/s1. The minimum absolute atomic E-state index is 0.0121. The van der Waals surface area contributed by atoms with Crippen molar-refractivity contribution in [3.05, 3.63) is 129 Å². The first kappa shape index (κ1) is 47.3. The van der Waals surface area contributed by atoms with Crippen LogP contribution in [0.25, 0.3) is 33.4 Å². The van der Waals surface area contributed by atoms with Crippen LogP contribution in [0.4, 0.5) is 52.7 Å². The molecular formula is C48H45F12NO2. The van der Waals surface area contributed by atoms with Gasteiger partial charge >= 0.3 is 24.7 Å². The largest absolute Gasteiger partial charge is 0.496 e. The molecule has 0 spiro atoms. The lowest BCUT2D eigenvalue weighted by atomic mass is 9.76. The van der Waals surface area contributed by atoms with Crippen LogP contribution < -0.4 is 9.47 Å². The second-order valence-electron chi connectivity index (χ2n) is 17.8. The van der Waals surface area contributed by atoms with Crippen LogP contribution in [-0.4, -0.2) is 19.1 Å². The zero-order valence-corrected chi connectivity index (χ0v) is 35.8. The van der Waals surface area contributed by atoms with E-state index in [0.717, 1.165) is 0 Å². The number of benzene rings is 5. The van der Waals surface area contributed by atoms with Gasteiger partial charge in [0, 0.05) is 41.4 Å².